The van der Waals surface area contributed by atoms with Crippen LogP contribution in [0.25, 0.3) is 0 Å². The molecule has 5 nitrogen and oxygen atoms in total. The number of hydrogen-bond donors (Lipinski definition) is 2. The lowest BCUT2D eigenvalue weighted by Crippen LogP contribution is -2.28. The molecule has 100 valence electrons. The molecule has 0 saturated heterocycles. The number of sulfonamides is 1. The van der Waals surface area contributed by atoms with Crippen LogP contribution in [0, 0.1) is 0 Å². The molecular weight excluding hydrogens is 250 g/mol. The summed E-state index contributed by atoms with van der Waals surface area (Å²) >= 11 is 0. The second-order valence-corrected chi connectivity index (χ2v) is 6.51. The van der Waals surface area contributed by atoms with E-state index in [0.717, 1.165) is 12.1 Å². The highest BCUT2D eigenvalue weighted by atomic mass is 32.2. The van der Waals surface area contributed by atoms with Gasteiger partial charge in [0.1, 0.15) is 0 Å². The molecule has 1 fully saturated rings. The fourth-order valence-corrected chi connectivity index (χ4v) is 2.68. The minimum Gasteiger partial charge on any atom is -0.314 e. The van der Waals surface area contributed by atoms with Crippen molar-refractivity contribution >= 4 is 10.0 Å². The molecule has 1 heterocycles. The predicted octanol–water partition coefficient (Wildman–Crippen LogP) is 0.643. The Morgan fingerprint density at radius 1 is 1.39 bits per heavy atom. The lowest BCUT2D eigenvalue weighted by atomic mass is 10.3. The van der Waals surface area contributed by atoms with Gasteiger partial charge in [-0.1, -0.05) is 6.07 Å². The van der Waals surface area contributed by atoms with Gasteiger partial charge in [0.2, 0.25) is 10.0 Å². The van der Waals surface area contributed by atoms with Gasteiger partial charge in [0.25, 0.3) is 0 Å². The zero-order valence-corrected chi connectivity index (χ0v) is 11.1. The van der Waals surface area contributed by atoms with E-state index in [1.165, 1.54) is 12.8 Å². The Hall–Kier alpha value is -0.980. The highest BCUT2D eigenvalue weighted by Crippen LogP contribution is 2.18. The van der Waals surface area contributed by atoms with Crippen molar-refractivity contribution in [2.75, 3.05) is 12.3 Å². The molecular formula is C12H19N3O2S. The summed E-state index contributed by atoms with van der Waals surface area (Å²) in [6.07, 6.45) is 6.44. The molecule has 0 aromatic carbocycles. The molecule has 18 heavy (non-hydrogen) atoms. The van der Waals surface area contributed by atoms with Crippen LogP contribution < -0.4 is 10.0 Å². The number of pyridine rings is 1. The van der Waals surface area contributed by atoms with Crippen LogP contribution in [0.2, 0.25) is 0 Å². The summed E-state index contributed by atoms with van der Waals surface area (Å²) in [7, 11) is -3.18. The molecule has 0 unspecified atom stereocenters. The standard InChI is InChI=1S/C12H19N3O2S/c16-18(17,8-2-7-14-12-4-5-12)15-10-11-3-1-6-13-9-11/h1,3,6,9,12,14-15H,2,4-5,7-8,10H2. The molecule has 2 N–H and O–H groups in total. The number of hydrogen-bond acceptors (Lipinski definition) is 4. The summed E-state index contributed by atoms with van der Waals surface area (Å²) in [5.74, 6) is 0.174. The fourth-order valence-electron chi connectivity index (χ4n) is 1.62. The summed E-state index contributed by atoms with van der Waals surface area (Å²) < 4.78 is 26.0. The molecule has 0 spiro atoms. The third-order valence-electron chi connectivity index (χ3n) is 2.82. The minimum atomic E-state index is -3.18. The molecule has 1 aromatic heterocycles. The normalized spacial score (nSPS) is 15.8. The molecule has 1 aliphatic rings. The van der Waals surface area contributed by atoms with Crippen LogP contribution in [0.5, 0.6) is 0 Å². The van der Waals surface area contributed by atoms with Gasteiger partial charge in [-0.05, 0) is 37.4 Å². The largest absolute Gasteiger partial charge is 0.314 e. The Balaban J connectivity index is 1.66. The highest BCUT2D eigenvalue weighted by molar-refractivity contribution is 7.89. The van der Waals surface area contributed by atoms with Crippen molar-refractivity contribution in [2.24, 2.45) is 0 Å². The number of rotatable bonds is 8. The first kappa shape index (κ1) is 13.5. The molecule has 0 aliphatic heterocycles. The number of nitrogens with one attached hydrogen (secondary N) is 2. The minimum absolute atomic E-state index is 0.174. The fraction of sp³-hybridized carbons (Fsp3) is 0.583. The monoisotopic (exact) mass is 269 g/mol. The van der Waals surface area contributed by atoms with Crippen LogP contribution in [0.4, 0.5) is 0 Å². The van der Waals surface area contributed by atoms with Crippen molar-refractivity contribution in [1.82, 2.24) is 15.0 Å². The lowest BCUT2D eigenvalue weighted by molar-refractivity contribution is 0.574. The second kappa shape index (κ2) is 6.26. The van der Waals surface area contributed by atoms with Gasteiger partial charge in [0, 0.05) is 25.0 Å². The van der Waals surface area contributed by atoms with E-state index in [4.69, 9.17) is 0 Å². The van der Waals surface area contributed by atoms with E-state index in [0.29, 0.717) is 19.0 Å². The molecule has 1 aliphatic carbocycles. The Morgan fingerprint density at radius 2 is 2.22 bits per heavy atom. The van der Waals surface area contributed by atoms with Crippen LogP contribution >= 0.6 is 0 Å². The van der Waals surface area contributed by atoms with E-state index in [-0.39, 0.29) is 5.75 Å². The maximum Gasteiger partial charge on any atom is 0.211 e. The molecule has 2 rings (SSSR count). The molecule has 1 aromatic rings. The first-order valence-corrected chi connectivity index (χ1v) is 7.90. The first-order valence-electron chi connectivity index (χ1n) is 6.25. The van der Waals surface area contributed by atoms with Crippen LogP contribution in [0.3, 0.4) is 0 Å². The second-order valence-electron chi connectivity index (χ2n) is 4.58. The van der Waals surface area contributed by atoms with E-state index in [2.05, 4.69) is 15.0 Å². The predicted molar refractivity (Wildman–Crippen MR) is 70.5 cm³/mol. The Kier molecular flexibility index (Phi) is 4.68. The summed E-state index contributed by atoms with van der Waals surface area (Å²) in [6, 6.07) is 4.28. The number of aromatic nitrogens is 1. The van der Waals surface area contributed by atoms with Crippen molar-refractivity contribution in [3.8, 4) is 0 Å². The summed E-state index contributed by atoms with van der Waals surface area (Å²) in [5.41, 5.74) is 0.872. The zero-order chi connectivity index (χ0) is 12.8. The van der Waals surface area contributed by atoms with Crippen LogP contribution in [0.15, 0.2) is 24.5 Å². The Labute approximate surface area is 108 Å². The average Bonchev–Trinajstić information content (AvgIpc) is 3.18. The van der Waals surface area contributed by atoms with Crippen molar-refractivity contribution in [1.29, 1.82) is 0 Å². The molecule has 1 saturated carbocycles. The van der Waals surface area contributed by atoms with Gasteiger partial charge in [0.05, 0.1) is 5.75 Å². The third-order valence-corrected chi connectivity index (χ3v) is 4.23. The van der Waals surface area contributed by atoms with Crippen molar-refractivity contribution in [3.63, 3.8) is 0 Å². The van der Waals surface area contributed by atoms with E-state index in [1.807, 2.05) is 6.07 Å². The average molecular weight is 269 g/mol. The van der Waals surface area contributed by atoms with Gasteiger partial charge in [-0.3, -0.25) is 4.98 Å². The van der Waals surface area contributed by atoms with Gasteiger partial charge < -0.3 is 5.32 Å². The summed E-state index contributed by atoms with van der Waals surface area (Å²) in [4.78, 5) is 3.94. The maximum atomic E-state index is 11.7. The number of nitrogens with zero attached hydrogens (tertiary/aromatic N) is 1. The van der Waals surface area contributed by atoms with Crippen LogP contribution in [-0.4, -0.2) is 31.7 Å². The van der Waals surface area contributed by atoms with E-state index < -0.39 is 10.0 Å². The van der Waals surface area contributed by atoms with Crippen LogP contribution in [0.1, 0.15) is 24.8 Å². The first-order chi connectivity index (χ1) is 8.66. The van der Waals surface area contributed by atoms with Gasteiger partial charge in [-0.25, -0.2) is 13.1 Å². The van der Waals surface area contributed by atoms with Crippen molar-refractivity contribution < 1.29 is 8.42 Å². The van der Waals surface area contributed by atoms with Crippen LogP contribution in [-0.2, 0) is 16.6 Å². The van der Waals surface area contributed by atoms with Gasteiger partial charge in [-0.15, -0.1) is 0 Å². The Bertz CT molecular complexity index is 457. The maximum absolute atomic E-state index is 11.7. The van der Waals surface area contributed by atoms with Crippen molar-refractivity contribution in [2.45, 2.75) is 31.8 Å². The zero-order valence-electron chi connectivity index (χ0n) is 10.3. The molecule has 0 radical (unpaired) electrons. The van der Waals surface area contributed by atoms with Gasteiger partial charge in [0.15, 0.2) is 0 Å². The van der Waals surface area contributed by atoms with E-state index in [1.54, 1.807) is 18.5 Å². The SMILES string of the molecule is O=S(=O)(CCCNC1CC1)NCc1cccnc1. The molecule has 0 atom stereocenters. The smallest absolute Gasteiger partial charge is 0.211 e. The summed E-state index contributed by atoms with van der Waals surface area (Å²) in [6.45, 7) is 1.09. The van der Waals surface area contributed by atoms with E-state index in [9.17, 15) is 8.42 Å². The Morgan fingerprint density at radius 3 is 2.89 bits per heavy atom. The third kappa shape index (κ3) is 5.12. The molecule has 0 bridgehead atoms. The van der Waals surface area contributed by atoms with Gasteiger partial charge in [-0.2, -0.15) is 0 Å². The molecule has 0 amide bonds. The van der Waals surface area contributed by atoms with Gasteiger partial charge >= 0.3 is 0 Å². The quantitative estimate of drug-likeness (QED) is 0.680. The van der Waals surface area contributed by atoms with Crippen molar-refractivity contribution in [3.05, 3.63) is 30.1 Å². The highest BCUT2D eigenvalue weighted by Gasteiger charge is 2.20. The van der Waals surface area contributed by atoms with E-state index >= 15 is 0 Å². The lowest BCUT2D eigenvalue weighted by Gasteiger charge is -2.07. The summed E-state index contributed by atoms with van der Waals surface area (Å²) in [5, 5.41) is 3.30. The topological polar surface area (TPSA) is 71.1 Å². The molecule has 6 heteroatoms.